The molecule has 0 heterocycles. The lowest BCUT2D eigenvalue weighted by atomic mass is 10.1. The maximum atomic E-state index is 10.9. The first-order chi connectivity index (χ1) is 12.6. The maximum absolute atomic E-state index is 10.9. The number of hydrogen-bond acceptors (Lipinski definition) is 6. The van der Waals surface area contributed by atoms with Gasteiger partial charge >= 0.3 is 17.9 Å². The lowest BCUT2D eigenvalue weighted by Crippen LogP contribution is -2.32. The van der Waals surface area contributed by atoms with E-state index in [1.807, 2.05) is 35.6 Å². The van der Waals surface area contributed by atoms with E-state index in [9.17, 15) is 24.0 Å². The highest BCUT2D eigenvalue weighted by Gasteiger charge is 2.11. The van der Waals surface area contributed by atoms with Crippen LogP contribution in [0.1, 0.15) is 31.2 Å². The molecule has 0 aromatic heterocycles. The van der Waals surface area contributed by atoms with Crippen molar-refractivity contribution in [2.24, 2.45) is 5.73 Å². The summed E-state index contributed by atoms with van der Waals surface area (Å²) in [6, 6.07) is 8.54. The molecule has 0 spiro atoms. The molecular formula is C17H22N2O8. The topological polar surface area (TPSA) is 184 Å². The molecule has 10 nitrogen and oxygen atoms in total. The van der Waals surface area contributed by atoms with Crippen LogP contribution in [0.4, 0.5) is 0 Å². The van der Waals surface area contributed by atoms with E-state index in [0.29, 0.717) is 6.42 Å². The van der Waals surface area contributed by atoms with E-state index in [1.54, 1.807) is 0 Å². The van der Waals surface area contributed by atoms with Gasteiger partial charge in [-0.2, -0.15) is 0 Å². The number of imide groups is 1. The second-order valence-electron chi connectivity index (χ2n) is 5.39. The van der Waals surface area contributed by atoms with Crippen LogP contribution in [-0.2, 0) is 30.4 Å². The SMILES string of the molecule is N[C@@H](Cc1ccccc1)C(=O)O.O=C(O)CCC(=O)NC(=O)CCC(=O)O. The molecule has 1 atom stereocenters. The van der Waals surface area contributed by atoms with Crippen molar-refractivity contribution in [2.45, 2.75) is 38.1 Å². The van der Waals surface area contributed by atoms with E-state index in [0.717, 1.165) is 5.56 Å². The van der Waals surface area contributed by atoms with Gasteiger partial charge in [0, 0.05) is 12.8 Å². The van der Waals surface area contributed by atoms with Gasteiger partial charge < -0.3 is 21.1 Å². The van der Waals surface area contributed by atoms with Crippen LogP contribution in [0, 0.1) is 0 Å². The summed E-state index contributed by atoms with van der Waals surface area (Å²) in [5.74, 6) is -4.66. The summed E-state index contributed by atoms with van der Waals surface area (Å²) in [5.41, 5.74) is 6.30. The Balaban J connectivity index is 0.000000511. The van der Waals surface area contributed by atoms with Gasteiger partial charge in [-0.25, -0.2) is 0 Å². The maximum Gasteiger partial charge on any atom is 0.320 e. The third kappa shape index (κ3) is 13.7. The van der Waals surface area contributed by atoms with Gasteiger partial charge in [0.2, 0.25) is 11.8 Å². The van der Waals surface area contributed by atoms with Crippen molar-refractivity contribution < 1.29 is 39.3 Å². The minimum Gasteiger partial charge on any atom is -0.481 e. The average molecular weight is 382 g/mol. The Morgan fingerprint density at radius 3 is 1.63 bits per heavy atom. The van der Waals surface area contributed by atoms with Crippen molar-refractivity contribution in [3.05, 3.63) is 35.9 Å². The molecule has 0 saturated carbocycles. The number of benzene rings is 1. The molecule has 0 fully saturated rings. The number of carboxylic acids is 3. The number of nitrogens with two attached hydrogens (primary N) is 1. The zero-order valence-electron chi connectivity index (χ0n) is 14.5. The van der Waals surface area contributed by atoms with Crippen molar-refractivity contribution >= 4 is 29.7 Å². The standard InChI is InChI=1S/C9H11NO2.C8H11NO6/c10-8(9(11)12)6-7-4-2-1-3-5-7;10-5(1-3-7(12)13)9-6(11)2-4-8(14)15/h1-5,8H,6,10H2,(H,11,12);1-4H2,(H,12,13)(H,14,15)(H,9,10,11)/t8-;/m0./s1. The van der Waals surface area contributed by atoms with Crippen LogP contribution in [0.15, 0.2) is 30.3 Å². The van der Waals surface area contributed by atoms with Crippen LogP contribution < -0.4 is 11.1 Å². The first-order valence-electron chi connectivity index (χ1n) is 7.90. The van der Waals surface area contributed by atoms with E-state index < -0.39 is 35.8 Å². The van der Waals surface area contributed by atoms with E-state index in [1.165, 1.54) is 0 Å². The summed E-state index contributed by atoms with van der Waals surface area (Å²) < 4.78 is 0. The lowest BCUT2D eigenvalue weighted by molar-refractivity contribution is -0.141. The molecular weight excluding hydrogens is 360 g/mol. The molecule has 0 aliphatic heterocycles. The number of rotatable bonds is 9. The summed E-state index contributed by atoms with van der Waals surface area (Å²) in [7, 11) is 0. The Morgan fingerprint density at radius 2 is 1.26 bits per heavy atom. The zero-order chi connectivity index (χ0) is 20.8. The first-order valence-corrected chi connectivity index (χ1v) is 7.90. The number of aliphatic carboxylic acids is 3. The lowest BCUT2D eigenvalue weighted by Gasteiger charge is -2.04. The number of nitrogens with one attached hydrogen (secondary N) is 1. The van der Waals surface area contributed by atoms with E-state index in [4.69, 9.17) is 21.1 Å². The average Bonchev–Trinajstić information content (AvgIpc) is 2.59. The Kier molecular flexibility index (Phi) is 11.4. The molecule has 0 unspecified atom stereocenters. The van der Waals surface area contributed by atoms with Gasteiger partial charge in [-0.15, -0.1) is 0 Å². The van der Waals surface area contributed by atoms with Crippen molar-refractivity contribution in [1.29, 1.82) is 0 Å². The van der Waals surface area contributed by atoms with E-state index in [-0.39, 0.29) is 25.7 Å². The minimum atomic E-state index is -1.14. The Bertz CT molecular complexity index is 632. The third-order valence-corrected chi connectivity index (χ3v) is 3.03. The summed E-state index contributed by atoms with van der Waals surface area (Å²) in [6.45, 7) is 0. The summed E-state index contributed by atoms with van der Waals surface area (Å²) in [4.78, 5) is 52.2. The minimum absolute atomic E-state index is 0.297. The van der Waals surface area contributed by atoms with Gasteiger partial charge in [0.15, 0.2) is 0 Å². The number of amides is 2. The van der Waals surface area contributed by atoms with Crippen molar-refractivity contribution in [3.63, 3.8) is 0 Å². The quantitative estimate of drug-likeness (QED) is 0.392. The number of carbonyl (C=O) groups excluding carboxylic acids is 2. The number of carboxylic acid groups (broad SMARTS) is 3. The first kappa shape index (κ1) is 23.7. The highest BCUT2D eigenvalue weighted by Crippen LogP contribution is 2.01. The molecule has 0 aliphatic carbocycles. The Hall–Kier alpha value is -3.27. The van der Waals surface area contributed by atoms with Crippen LogP contribution in [0.5, 0.6) is 0 Å². The molecule has 0 saturated heterocycles. The summed E-state index contributed by atoms with van der Waals surface area (Å²) in [5, 5.41) is 26.9. The molecule has 0 aliphatic rings. The Morgan fingerprint density at radius 1 is 0.815 bits per heavy atom. The highest BCUT2D eigenvalue weighted by atomic mass is 16.4. The fourth-order valence-electron chi connectivity index (χ4n) is 1.68. The molecule has 1 aromatic carbocycles. The number of carbonyl (C=O) groups is 5. The van der Waals surface area contributed by atoms with Crippen LogP contribution in [-0.4, -0.2) is 51.1 Å². The second-order valence-corrected chi connectivity index (χ2v) is 5.39. The largest absolute Gasteiger partial charge is 0.481 e. The van der Waals surface area contributed by atoms with Gasteiger partial charge in [0.1, 0.15) is 6.04 Å². The van der Waals surface area contributed by atoms with Gasteiger partial charge in [0.05, 0.1) is 12.8 Å². The molecule has 1 rings (SSSR count). The fraction of sp³-hybridized carbons (Fsp3) is 0.353. The van der Waals surface area contributed by atoms with Crippen LogP contribution >= 0.6 is 0 Å². The fourth-order valence-corrected chi connectivity index (χ4v) is 1.68. The van der Waals surface area contributed by atoms with E-state index >= 15 is 0 Å². The molecule has 6 N–H and O–H groups in total. The molecule has 148 valence electrons. The highest BCUT2D eigenvalue weighted by molar-refractivity contribution is 5.96. The zero-order valence-corrected chi connectivity index (χ0v) is 14.5. The third-order valence-electron chi connectivity index (χ3n) is 3.03. The number of hydrogen-bond donors (Lipinski definition) is 5. The van der Waals surface area contributed by atoms with Gasteiger partial charge in [-0.3, -0.25) is 29.3 Å². The second kappa shape index (κ2) is 13.0. The monoisotopic (exact) mass is 382 g/mol. The van der Waals surface area contributed by atoms with Crippen molar-refractivity contribution in [2.75, 3.05) is 0 Å². The van der Waals surface area contributed by atoms with Crippen LogP contribution in [0.25, 0.3) is 0 Å². The van der Waals surface area contributed by atoms with E-state index in [2.05, 4.69) is 0 Å². The van der Waals surface area contributed by atoms with Crippen molar-refractivity contribution in [3.8, 4) is 0 Å². The van der Waals surface area contributed by atoms with Crippen molar-refractivity contribution in [1.82, 2.24) is 5.32 Å². The molecule has 27 heavy (non-hydrogen) atoms. The van der Waals surface area contributed by atoms with Gasteiger partial charge in [0.25, 0.3) is 0 Å². The van der Waals surface area contributed by atoms with Crippen LogP contribution in [0.3, 0.4) is 0 Å². The van der Waals surface area contributed by atoms with Gasteiger partial charge in [-0.05, 0) is 12.0 Å². The summed E-state index contributed by atoms with van der Waals surface area (Å²) in [6.07, 6.45) is -0.936. The normalized spacial score (nSPS) is 10.7. The predicted octanol–water partition coefficient (Wildman–Crippen LogP) is -0.000200. The molecule has 2 amide bonds. The molecule has 0 radical (unpaired) electrons. The Labute approximate surface area is 155 Å². The molecule has 10 heteroatoms. The predicted molar refractivity (Wildman–Crippen MR) is 92.6 cm³/mol. The molecule has 1 aromatic rings. The summed E-state index contributed by atoms with van der Waals surface area (Å²) >= 11 is 0. The van der Waals surface area contributed by atoms with Crippen LogP contribution in [0.2, 0.25) is 0 Å². The van der Waals surface area contributed by atoms with Gasteiger partial charge in [-0.1, -0.05) is 30.3 Å². The molecule has 0 bridgehead atoms. The smallest absolute Gasteiger partial charge is 0.320 e.